The van der Waals surface area contributed by atoms with E-state index in [0.717, 1.165) is 12.6 Å². The lowest BCUT2D eigenvalue weighted by molar-refractivity contribution is 0.169. The SMILES string of the molecule is Cc1ccc(C(CN)N(CC(C)C)C2CC2)cc1Br. The molecule has 1 aliphatic rings. The first-order chi connectivity index (χ1) is 9.02. The summed E-state index contributed by atoms with van der Waals surface area (Å²) in [5.74, 6) is 0.684. The highest BCUT2D eigenvalue weighted by Gasteiger charge is 2.34. The van der Waals surface area contributed by atoms with Gasteiger partial charge in [0.2, 0.25) is 0 Å². The van der Waals surface area contributed by atoms with Gasteiger partial charge in [-0.2, -0.15) is 0 Å². The van der Waals surface area contributed by atoms with E-state index >= 15 is 0 Å². The van der Waals surface area contributed by atoms with Crippen LogP contribution in [-0.2, 0) is 0 Å². The van der Waals surface area contributed by atoms with Crippen molar-refractivity contribution in [2.75, 3.05) is 13.1 Å². The summed E-state index contributed by atoms with van der Waals surface area (Å²) in [5.41, 5.74) is 8.70. The van der Waals surface area contributed by atoms with Gasteiger partial charge < -0.3 is 5.73 Å². The Morgan fingerprint density at radius 3 is 2.53 bits per heavy atom. The van der Waals surface area contributed by atoms with Gasteiger partial charge in [-0.05, 0) is 42.9 Å². The molecular weight excluding hydrogens is 300 g/mol. The van der Waals surface area contributed by atoms with Gasteiger partial charge in [-0.1, -0.05) is 41.9 Å². The number of benzene rings is 1. The van der Waals surface area contributed by atoms with Gasteiger partial charge in [0.1, 0.15) is 0 Å². The molecule has 1 unspecified atom stereocenters. The number of halogens is 1. The predicted molar refractivity (Wildman–Crippen MR) is 85.2 cm³/mol. The first-order valence-electron chi connectivity index (χ1n) is 7.24. The van der Waals surface area contributed by atoms with Gasteiger partial charge in [-0.15, -0.1) is 0 Å². The first-order valence-corrected chi connectivity index (χ1v) is 8.04. The van der Waals surface area contributed by atoms with Crippen molar-refractivity contribution in [2.24, 2.45) is 11.7 Å². The van der Waals surface area contributed by atoms with Crippen LogP contribution in [0.1, 0.15) is 43.9 Å². The van der Waals surface area contributed by atoms with Crippen molar-refractivity contribution in [3.8, 4) is 0 Å². The van der Waals surface area contributed by atoms with E-state index < -0.39 is 0 Å². The van der Waals surface area contributed by atoms with Crippen molar-refractivity contribution in [2.45, 2.75) is 45.7 Å². The maximum absolute atomic E-state index is 6.08. The van der Waals surface area contributed by atoms with Crippen LogP contribution in [0.15, 0.2) is 22.7 Å². The largest absolute Gasteiger partial charge is 0.329 e. The van der Waals surface area contributed by atoms with Crippen LogP contribution >= 0.6 is 15.9 Å². The maximum atomic E-state index is 6.08. The molecule has 0 saturated heterocycles. The molecule has 0 spiro atoms. The van der Waals surface area contributed by atoms with Gasteiger partial charge in [-0.25, -0.2) is 0 Å². The molecule has 106 valence electrons. The number of rotatable bonds is 6. The molecule has 0 radical (unpaired) electrons. The molecule has 19 heavy (non-hydrogen) atoms. The van der Waals surface area contributed by atoms with Gasteiger partial charge in [0.05, 0.1) is 0 Å². The normalized spacial score (nSPS) is 17.2. The van der Waals surface area contributed by atoms with Gasteiger partial charge >= 0.3 is 0 Å². The molecule has 2 rings (SSSR count). The molecule has 1 aromatic rings. The van der Waals surface area contributed by atoms with E-state index in [1.807, 2.05) is 0 Å². The third-order valence-electron chi connectivity index (χ3n) is 3.80. The smallest absolute Gasteiger partial charge is 0.0473 e. The van der Waals surface area contributed by atoms with Crippen molar-refractivity contribution < 1.29 is 0 Å². The fourth-order valence-electron chi connectivity index (χ4n) is 2.64. The molecular formula is C16H25BrN2. The molecule has 0 aliphatic heterocycles. The minimum Gasteiger partial charge on any atom is -0.329 e. The second-order valence-electron chi connectivity index (χ2n) is 6.08. The first kappa shape index (κ1) is 15.0. The quantitative estimate of drug-likeness (QED) is 0.860. The molecule has 1 aliphatic carbocycles. The maximum Gasteiger partial charge on any atom is 0.0473 e. The highest BCUT2D eigenvalue weighted by Crippen LogP contribution is 2.35. The van der Waals surface area contributed by atoms with Crippen LogP contribution in [0.2, 0.25) is 0 Å². The zero-order valence-electron chi connectivity index (χ0n) is 12.2. The molecule has 2 nitrogen and oxygen atoms in total. The predicted octanol–water partition coefficient (Wildman–Crippen LogP) is 3.88. The van der Waals surface area contributed by atoms with Crippen molar-refractivity contribution >= 4 is 15.9 Å². The number of hydrogen-bond acceptors (Lipinski definition) is 2. The van der Waals surface area contributed by atoms with Crippen molar-refractivity contribution in [3.63, 3.8) is 0 Å². The zero-order chi connectivity index (χ0) is 14.0. The molecule has 1 fully saturated rings. The Morgan fingerprint density at radius 2 is 2.05 bits per heavy atom. The van der Waals surface area contributed by atoms with Crippen molar-refractivity contribution in [1.82, 2.24) is 4.90 Å². The van der Waals surface area contributed by atoms with Gasteiger partial charge in [0.25, 0.3) is 0 Å². The second-order valence-corrected chi connectivity index (χ2v) is 6.94. The Balaban J connectivity index is 2.22. The summed E-state index contributed by atoms with van der Waals surface area (Å²) >= 11 is 3.64. The van der Waals surface area contributed by atoms with E-state index in [1.54, 1.807) is 0 Å². The Morgan fingerprint density at radius 1 is 1.37 bits per heavy atom. The van der Waals surface area contributed by atoms with Crippen LogP contribution in [-0.4, -0.2) is 24.0 Å². The average Bonchev–Trinajstić information content (AvgIpc) is 3.17. The van der Waals surface area contributed by atoms with Gasteiger partial charge in [-0.3, -0.25) is 4.90 Å². The Labute approximate surface area is 125 Å². The molecule has 0 heterocycles. The van der Waals surface area contributed by atoms with Crippen LogP contribution in [0.5, 0.6) is 0 Å². The van der Waals surface area contributed by atoms with Gasteiger partial charge in [0, 0.05) is 29.6 Å². The monoisotopic (exact) mass is 324 g/mol. The summed E-state index contributed by atoms with van der Waals surface area (Å²) < 4.78 is 1.18. The average molecular weight is 325 g/mol. The van der Waals surface area contributed by atoms with E-state index in [9.17, 15) is 0 Å². The number of aryl methyl sites for hydroxylation is 1. The summed E-state index contributed by atoms with van der Waals surface area (Å²) in [6.07, 6.45) is 2.66. The molecule has 1 saturated carbocycles. The zero-order valence-corrected chi connectivity index (χ0v) is 13.8. The molecule has 0 bridgehead atoms. The molecule has 1 aromatic carbocycles. The summed E-state index contributed by atoms with van der Waals surface area (Å²) in [6.45, 7) is 8.52. The third-order valence-corrected chi connectivity index (χ3v) is 4.65. The number of nitrogens with two attached hydrogens (primary N) is 1. The van der Waals surface area contributed by atoms with Crippen LogP contribution in [0.25, 0.3) is 0 Å². The molecule has 0 amide bonds. The Kier molecular flexibility index (Phi) is 5.04. The molecule has 2 N–H and O–H groups in total. The summed E-state index contributed by atoms with van der Waals surface area (Å²) in [5, 5.41) is 0. The van der Waals surface area contributed by atoms with Crippen molar-refractivity contribution in [3.05, 3.63) is 33.8 Å². The minimum absolute atomic E-state index is 0.354. The van der Waals surface area contributed by atoms with Crippen LogP contribution in [0, 0.1) is 12.8 Å². The van der Waals surface area contributed by atoms with Crippen LogP contribution in [0.4, 0.5) is 0 Å². The summed E-state index contributed by atoms with van der Waals surface area (Å²) in [6, 6.07) is 7.75. The second kappa shape index (κ2) is 6.38. The lowest BCUT2D eigenvalue weighted by atomic mass is 10.0. The lowest BCUT2D eigenvalue weighted by Crippen LogP contribution is -2.38. The number of hydrogen-bond donors (Lipinski definition) is 1. The molecule has 1 atom stereocenters. The van der Waals surface area contributed by atoms with Crippen LogP contribution in [0.3, 0.4) is 0 Å². The van der Waals surface area contributed by atoms with Crippen molar-refractivity contribution in [1.29, 1.82) is 0 Å². The van der Waals surface area contributed by atoms with E-state index in [2.05, 4.69) is 59.8 Å². The van der Waals surface area contributed by atoms with Crippen LogP contribution < -0.4 is 5.73 Å². The van der Waals surface area contributed by atoms with E-state index in [0.29, 0.717) is 18.5 Å². The summed E-state index contributed by atoms with van der Waals surface area (Å²) in [4.78, 5) is 2.61. The topological polar surface area (TPSA) is 29.3 Å². The van der Waals surface area contributed by atoms with E-state index in [-0.39, 0.29) is 0 Å². The Bertz CT molecular complexity index is 427. The highest BCUT2D eigenvalue weighted by molar-refractivity contribution is 9.10. The van der Waals surface area contributed by atoms with E-state index in [1.165, 1.54) is 28.4 Å². The number of nitrogens with zero attached hydrogens (tertiary/aromatic N) is 1. The van der Waals surface area contributed by atoms with Gasteiger partial charge in [0.15, 0.2) is 0 Å². The molecule has 3 heteroatoms. The fraction of sp³-hybridized carbons (Fsp3) is 0.625. The fourth-order valence-corrected chi connectivity index (χ4v) is 3.03. The minimum atomic E-state index is 0.354. The lowest BCUT2D eigenvalue weighted by Gasteiger charge is -2.33. The van der Waals surface area contributed by atoms with E-state index in [4.69, 9.17) is 5.73 Å². The Hall–Kier alpha value is -0.380. The summed E-state index contributed by atoms with van der Waals surface area (Å²) in [7, 11) is 0. The standard InChI is InChI=1S/C16H25BrN2/c1-11(2)10-19(14-6-7-14)16(9-18)13-5-4-12(3)15(17)8-13/h4-5,8,11,14,16H,6-7,9-10,18H2,1-3H3. The highest BCUT2D eigenvalue weighted by atomic mass is 79.9. The third kappa shape index (κ3) is 3.80. The molecule has 0 aromatic heterocycles.